The van der Waals surface area contributed by atoms with Crippen LogP contribution in [0.4, 0.5) is 0 Å². The number of rotatable bonds is 4. The summed E-state index contributed by atoms with van der Waals surface area (Å²) < 4.78 is 12.1. The van der Waals surface area contributed by atoms with Crippen molar-refractivity contribution < 1.29 is 14.6 Å². The molecular weight excluding hydrogens is 252 g/mol. The predicted molar refractivity (Wildman–Crippen MR) is 77.9 cm³/mol. The molecule has 1 saturated carbocycles. The van der Waals surface area contributed by atoms with Crippen LogP contribution in [-0.4, -0.2) is 23.4 Å². The van der Waals surface area contributed by atoms with E-state index in [1.165, 1.54) is 32.1 Å². The third kappa shape index (κ3) is 2.99. The normalized spacial score (nSPS) is 26.0. The van der Waals surface area contributed by atoms with Crippen LogP contribution >= 0.6 is 0 Å². The van der Waals surface area contributed by atoms with E-state index in [2.05, 4.69) is 0 Å². The fraction of sp³-hybridized carbons (Fsp3) is 0.647. The van der Waals surface area contributed by atoms with Crippen LogP contribution in [0.1, 0.15) is 57.1 Å². The highest BCUT2D eigenvalue weighted by molar-refractivity contribution is 5.29. The Morgan fingerprint density at radius 1 is 1.35 bits per heavy atom. The first-order valence-corrected chi connectivity index (χ1v) is 7.76. The summed E-state index contributed by atoms with van der Waals surface area (Å²) in [5.74, 6) is 0.819. The molecule has 0 bridgehead atoms. The van der Waals surface area contributed by atoms with Crippen molar-refractivity contribution in [2.45, 2.75) is 63.3 Å². The van der Waals surface area contributed by atoms with E-state index in [9.17, 15) is 5.11 Å². The number of hydrogen-bond acceptors (Lipinski definition) is 3. The number of ether oxygens (including phenoxy) is 2. The minimum Gasteiger partial charge on any atom is -0.491 e. The minimum absolute atomic E-state index is 0.176. The Balaban J connectivity index is 1.54. The molecule has 1 spiro atoms. The van der Waals surface area contributed by atoms with E-state index in [0.29, 0.717) is 6.61 Å². The van der Waals surface area contributed by atoms with Gasteiger partial charge in [0.1, 0.15) is 12.4 Å². The minimum atomic E-state index is -0.456. The largest absolute Gasteiger partial charge is 0.491 e. The second-order valence-electron chi connectivity index (χ2n) is 6.23. The SMILES string of the molecule is C[C@@H](O)c1cccc(OCC2CCC3(CCCC3)O2)c1. The van der Waals surface area contributed by atoms with E-state index in [4.69, 9.17) is 9.47 Å². The highest BCUT2D eigenvalue weighted by Crippen LogP contribution is 2.43. The zero-order valence-corrected chi connectivity index (χ0v) is 12.2. The van der Waals surface area contributed by atoms with Crippen molar-refractivity contribution in [1.29, 1.82) is 0 Å². The average molecular weight is 276 g/mol. The Hall–Kier alpha value is -1.06. The predicted octanol–water partition coefficient (Wildman–Crippen LogP) is 3.61. The van der Waals surface area contributed by atoms with Gasteiger partial charge in [-0.2, -0.15) is 0 Å². The number of aliphatic hydroxyl groups excluding tert-OH is 1. The van der Waals surface area contributed by atoms with Gasteiger partial charge in [-0.3, -0.25) is 0 Å². The maximum atomic E-state index is 9.59. The van der Waals surface area contributed by atoms with Gasteiger partial charge in [-0.15, -0.1) is 0 Å². The zero-order chi connectivity index (χ0) is 14.0. The summed E-state index contributed by atoms with van der Waals surface area (Å²) >= 11 is 0. The van der Waals surface area contributed by atoms with Crippen LogP contribution in [-0.2, 0) is 4.74 Å². The van der Waals surface area contributed by atoms with Crippen LogP contribution in [0, 0.1) is 0 Å². The van der Waals surface area contributed by atoms with Gasteiger partial charge in [-0.05, 0) is 50.3 Å². The van der Waals surface area contributed by atoms with E-state index in [1.807, 2.05) is 24.3 Å². The summed E-state index contributed by atoms with van der Waals surface area (Å²) in [6.07, 6.45) is 7.13. The Labute approximate surface area is 120 Å². The van der Waals surface area contributed by atoms with Gasteiger partial charge < -0.3 is 14.6 Å². The maximum absolute atomic E-state index is 9.59. The molecule has 1 aromatic rings. The van der Waals surface area contributed by atoms with Gasteiger partial charge in [0.15, 0.2) is 0 Å². The molecule has 3 nitrogen and oxygen atoms in total. The fourth-order valence-corrected chi connectivity index (χ4v) is 3.45. The third-order valence-electron chi connectivity index (χ3n) is 4.63. The van der Waals surface area contributed by atoms with E-state index < -0.39 is 6.10 Å². The highest BCUT2D eigenvalue weighted by Gasteiger charge is 2.42. The van der Waals surface area contributed by atoms with Crippen molar-refractivity contribution in [2.24, 2.45) is 0 Å². The molecule has 1 unspecified atom stereocenters. The lowest BCUT2D eigenvalue weighted by atomic mass is 9.98. The molecule has 1 N–H and O–H groups in total. The summed E-state index contributed by atoms with van der Waals surface area (Å²) in [6.45, 7) is 2.38. The Bertz CT molecular complexity index is 449. The van der Waals surface area contributed by atoms with Crippen molar-refractivity contribution in [3.8, 4) is 5.75 Å². The molecule has 0 radical (unpaired) electrons. The van der Waals surface area contributed by atoms with Crippen LogP contribution in [0.5, 0.6) is 5.75 Å². The third-order valence-corrected chi connectivity index (χ3v) is 4.63. The van der Waals surface area contributed by atoms with E-state index in [-0.39, 0.29) is 11.7 Å². The number of benzene rings is 1. The summed E-state index contributed by atoms with van der Waals surface area (Å²) in [5.41, 5.74) is 1.07. The average Bonchev–Trinajstić information content (AvgIpc) is 3.08. The summed E-state index contributed by atoms with van der Waals surface area (Å²) in [6, 6.07) is 7.68. The summed E-state index contributed by atoms with van der Waals surface area (Å²) in [4.78, 5) is 0. The molecule has 110 valence electrons. The molecule has 0 amide bonds. The van der Waals surface area contributed by atoms with E-state index >= 15 is 0 Å². The molecule has 2 fully saturated rings. The van der Waals surface area contributed by atoms with Crippen LogP contribution in [0.15, 0.2) is 24.3 Å². The molecule has 20 heavy (non-hydrogen) atoms. The number of hydrogen-bond donors (Lipinski definition) is 1. The van der Waals surface area contributed by atoms with Crippen molar-refractivity contribution in [2.75, 3.05) is 6.61 Å². The standard InChI is InChI=1S/C17H24O3/c1-13(18)14-5-4-6-15(11-14)19-12-16-7-10-17(20-16)8-2-3-9-17/h4-6,11,13,16,18H,2-3,7-10,12H2,1H3/t13-,16?/m1/s1. The first-order valence-electron chi connectivity index (χ1n) is 7.76. The molecule has 3 heteroatoms. The van der Waals surface area contributed by atoms with Crippen molar-refractivity contribution in [3.63, 3.8) is 0 Å². The maximum Gasteiger partial charge on any atom is 0.119 e. The molecule has 1 heterocycles. The molecule has 1 aliphatic heterocycles. The molecule has 2 atom stereocenters. The van der Waals surface area contributed by atoms with Gasteiger partial charge in [-0.1, -0.05) is 25.0 Å². The van der Waals surface area contributed by atoms with E-state index in [0.717, 1.165) is 17.7 Å². The second-order valence-corrected chi connectivity index (χ2v) is 6.23. The first kappa shape index (κ1) is 13.9. The molecule has 1 saturated heterocycles. The smallest absolute Gasteiger partial charge is 0.119 e. The second kappa shape index (κ2) is 5.74. The van der Waals surface area contributed by atoms with Crippen molar-refractivity contribution in [1.82, 2.24) is 0 Å². The monoisotopic (exact) mass is 276 g/mol. The number of aliphatic hydroxyl groups is 1. The molecule has 1 aromatic carbocycles. The van der Waals surface area contributed by atoms with Crippen LogP contribution in [0.3, 0.4) is 0 Å². The van der Waals surface area contributed by atoms with E-state index in [1.54, 1.807) is 6.92 Å². The summed E-state index contributed by atoms with van der Waals surface area (Å²) in [7, 11) is 0. The summed E-state index contributed by atoms with van der Waals surface area (Å²) in [5, 5.41) is 9.59. The molecule has 2 aliphatic rings. The quantitative estimate of drug-likeness (QED) is 0.913. The Morgan fingerprint density at radius 3 is 2.90 bits per heavy atom. The van der Waals surface area contributed by atoms with Gasteiger partial charge in [0.2, 0.25) is 0 Å². The van der Waals surface area contributed by atoms with Crippen LogP contribution < -0.4 is 4.74 Å². The van der Waals surface area contributed by atoms with Crippen molar-refractivity contribution in [3.05, 3.63) is 29.8 Å². The molecular formula is C17H24O3. The lowest BCUT2D eigenvalue weighted by Gasteiger charge is -2.23. The van der Waals surface area contributed by atoms with Crippen LogP contribution in [0.25, 0.3) is 0 Å². The molecule has 1 aliphatic carbocycles. The van der Waals surface area contributed by atoms with Gasteiger partial charge in [0, 0.05) is 0 Å². The molecule has 0 aromatic heterocycles. The molecule has 3 rings (SSSR count). The zero-order valence-electron chi connectivity index (χ0n) is 12.2. The fourth-order valence-electron chi connectivity index (χ4n) is 3.45. The van der Waals surface area contributed by atoms with Crippen LogP contribution in [0.2, 0.25) is 0 Å². The first-order chi connectivity index (χ1) is 9.67. The topological polar surface area (TPSA) is 38.7 Å². The Kier molecular flexibility index (Phi) is 3.99. The van der Waals surface area contributed by atoms with Gasteiger partial charge >= 0.3 is 0 Å². The highest BCUT2D eigenvalue weighted by atomic mass is 16.6. The van der Waals surface area contributed by atoms with Gasteiger partial charge in [0.25, 0.3) is 0 Å². The lowest BCUT2D eigenvalue weighted by molar-refractivity contribution is -0.0509. The van der Waals surface area contributed by atoms with Gasteiger partial charge in [-0.25, -0.2) is 0 Å². The van der Waals surface area contributed by atoms with Crippen molar-refractivity contribution >= 4 is 0 Å². The van der Waals surface area contributed by atoms with Gasteiger partial charge in [0.05, 0.1) is 17.8 Å². The lowest BCUT2D eigenvalue weighted by Crippen LogP contribution is -2.27. The Morgan fingerprint density at radius 2 is 2.15 bits per heavy atom.